The maximum absolute atomic E-state index is 10.7. The number of H-pyrrole nitrogens is 1. The largest absolute Gasteiger partial charge is 0.477 e. The summed E-state index contributed by atoms with van der Waals surface area (Å²) in [6, 6.07) is 0. The molecular formula is C9H10ClNO2. The number of carbonyl (C=O) groups is 1. The van der Waals surface area contributed by atoms with Gasteiger partial charge in [0.05, 0.1) is 5.02 Å². The molecular weight excluding hydrogens is 190 g/mol. The Hall–Kier alpha value is -0.960. The van der Waals surface area contributed by atoms with E-state index in [1.165, 1.54) is 0 Å². The molecule has 0 unspecified atom stereocenters. The molecule has 1 atom stereocenters. The van der Waals surface area contributed by atoms with Crippen LogP contribution in [-0.2, 0) is 6.42 Å². The van der Waals surface area contributed by atoms with Crippen molar-refractivity contribution in [3.05, 3.63) is 22.0 Å². The van der Waals surface area contributed by atoms with Crippen molar-refractivity contribution < 1.29 is 9.90 Å². The Morgan fingerprint density at radius 3 is 2.92 bits per heavy atom. The Morgan fingerprint density at radius 2 is 2.38 bits per heavy atom. The summed E-state index contributed by atoms with van der Waals surface area (Å²) in [6.07, 6.45) is 1.96. The van der Waals surface area contributed by atoms with E-state index in [-0.39, 0.29) is 5.69 Å². The highest BCUT2D eigenvalue weighted by molar-refractivity contribution is 6.34. The van der Waals surface area contributed by atoms with Gasteiger partial charge >= 0.3 is 5.97 Å². The lowest BCUT2D eigenvalue weighted by Gasteiger charge is -2.00. The van der Waals surface area contributed by atoms with Gasteiger partial charge in [-0.3, -0.25) is 0 Å². The van der Waals surface area contributed by atoms with Crippen LogP contribution in [0, 0.1) is 0 Å². The molecule has 1 aromatic heterocycles. The van der Waals surface area contributed by atoms with Crippen LogP contribution in [0.15, 0.2) is 0 Å². The number of fused-ring (bicyclic) bond motifs is 1. The number of aromatic carboxylic acids is 1. The first-order valence-corrected chi connectivity index (χ1v) is 4.62. The van der Waals surface area contributed by atoms with Crippen LogP contribution in [0.25, 0.3) is 0 Å². The number of carboxylic acid groups (broad SMARTS) is 1. The van der Waals surface area contributed by atoms with Crippen LogP contribution in [0.5, 0.6) is 0 Å². The third kappa shape index (κ3) is 1.15. The van der Waals surface area contributed by atoms with Gasteiger partial charge in [-0.15, -0.1) is 0 Å². The van der Waals surface area contributed by atoms with Gasteiger partial charge in [-0.25, -0.2) is 4.79 Å². The standard InChI is InChI=1S/C9H10ClNO2/c1-4-2-3-5-6(4)7(10)8(11-5)9(12)13/h4,11H,2-3H2,1H3,(H,12,13)/t4-/m0/s1. The Kier molecular flexibility index (Phi) is 1.84. The first kappa shape index (κ1) is 8.63. The number of aromatic amines is 1. The fourth-order valence-corrected chi connectivity index (χ4v) is 2.33. The van der Waals surface area contributed by atoms with Gasteiger partial charge < -0.3 is 10.1 Å². The van der Waals surface area contributed by atoms with E-state index in [0.717, 1.165) is 24.1 Å². The fourth-order valence-electron chi connectivity index (χ4n) is 1.90. The molecule has 0 aliphatic heterocycles. The van der Waals surface area contributed by atoms with E-state index in [4.69, 9.17) is 16.7 Å². The maximum Gasteiger partial charge on any atom is 0.353 e. The number of carboxylic acids is 1. The zero-order valence-electron chi connectivity index (χ0n) is 7.22. The predicted molar refractivity (Wildman–Crippen MR) is 49.5 cm³/mol. The molecule has 70 valence electrons. The number of rotatable bonds is 1. The summed E-state index contributed by atoms with van der Waals surface area (Å²) in [5.74, 6) is -0.599. The molecule has 1 aliphatic carbocycles. The molecule has 0 radical (unpaired) electrons. The normalized spacial score (nSPS) is 20.3. The smallest absolute Gasteiger partial charge is 0.353 e. The molecule has 0 amide bonds. The zero-order valence-corrected chi connectivity index (χ0v) is 7.98. The summed E-state index contributed by atoms with van der Waals surface area (Å²) < 4.78 is 0. The Balaban J connectivity index is 2.56. The molecule has 13 heavy (non-hydrogen) atoms. The average Bonchev–Trinajstić information content (AvgIpc) is 2.55. The van der Waals surface area contributed by atoms with E-state index in [1.807, 2.05) is 0 Å². The van der Waals surface area contributed by atoms with Crippen LogP contribution in [0.2, 0.25) is 5.02 Å². The highest BCUT2D eigenvalue weighted by Crippen LogP contribution is 2.39. The molecule has 2 rings (SSSR count). The molecule has 1 heterocycles. The Labute approximate surface area is 80.7 Å². The lowest BCUT2D eigenvalue weighted by Crippen LogP contribution is -1.98. The van der Waals surface area contributed by atoms with Gasteiger partial charge in [0.1, 0.15) is 5.69 Å². The summed E-state index contributed by atoms with van der Waals surface area (Å²) in [5.41, 5.74) is 2.13. The first-order valence-electron chi connectivity index (χ1n) is 4.24. The molecule has 4 heteroatoms. The van der Waals surface area contributed by atoms with Crippen LogP contribution in [0.3, 0.4) is 0 Å². The van der Waals surface area contributed by atoms with E-state index < -0.39 is 5.97 Å². The number of aromatic nitrogens is 1. The SMILES string of the molecule is C[C@H]1CCc2[nH]c(C(=O)O)c(Cl)c21. The molecule has 0 aromatic carbocycles. The highest BCUT2D eigenvalue weighted by Gasteiger charge is 2.28. The summed E-state index contributed by atoms with van der Waals surface area (Å²) in [7, 11) is 0. The van der Waals surface area contributed by atoms with Crippen molar-refractivity contribution >= 4 is 17.6 Å². The molecule has 0 bridgehead atoms. The van der Waals surface area contributed by atoms with Crippen molar-refractivity contribution in [1.29, 1.82) is 0 Å². The molecule has 0 spiro atoms. The van der Waals surface area contributed by atoms with Crippen LogP contribution in [-0.4, -0.2) is 16.1 Å². The van der Waals surface area contributed by atoms with Gasteiger partial charge in [0.2, 0.25) is 0 Å². The molecule has 2 N–H and O–H groups in total. The first-order chi connectivity index (χ1) is 6.11. The number of nitrogens with one attached hydrogen (secondary N) is 1. The molecule has 0 fully saturated rings. The summed E-state index contributed by atoms with van der Waals surface area (Å²) in [5, 5.41) is 9.19. The van der Waals surface area contributed by atoms with Gasteiger partial charge in [-0.05, 0) is 24.3 Å². The third-order valence-electron chi connectivity index (χ3n) is 2.59. The minimum Gasteiger partial charge on any atom is -0.477 e. The van der Waals surface area contributed by atoms with Crippen molar-refractivity contribution in [3.8, 4) is 0 Å². The van der Waals surface area contributed by atoms with E-state index in [1.54, 1.807) is 0 Å². The number of halogens is 1. The van der Waals surface area contributed by atoms with Gasteiger partial charge in [0.15, 0.2) is 0 Å². The van der Waals surface area contributed by atoms with Crippen molar-refractivity contribution in [1.82, 2.24) is 4.98 Å². The summed E-state index contributed by atoms with van der Waals surface area (Å²) in [6.45, 7) is 2.07. The highest BCUT2D eigenvalue weighted by atomic mass is 35.5. The van der Waals surface area contributed by atoms with Crippen LogP contribution < -0.4 is 0 Å². The van der Waals surface area contributed by atoms with Gasteiger partial charge in [-0.1, -0.05) is 18.5 Å². The number of hydrogen-bond donors (Lipinski definition) is 2. The number of hydrogen-bond acceptors (Lipinski definition) is 1. The molecule has 1 aromatic rings. The van der Waals surface area contributed by atoms with Crippen molar-refractivity contribution in [2.24, 2.45) is 0 Å². The second-order valence-corrected chi connectivity index (χ2v) is 3.83. The fraction of sp³-hybridized carbons (Fsp3) is 0.444. The molecule has 0 saturated carbocycles. The van der Waals surface area contributed by atoms with Crippen LogP contribution in [0.1, 0.15) is 41.0 Å². The lowest BCUT2D eigenvalue weighted by atomic mass is 10.1. The van der Waals surface area contributed by atoms with Crippen molar-refractivity contribution in [2.45, 2.75) is 25.7 Å². The van der Waals surface area contributed by atoms with Gasteiger partial charge in [0, 0.05) is 5.69 Å². The van der Waals surface area contributed by atoms with E-state index in [0.29, 0.717) is 10.9 Å². The Bertz CT molecular complexity index is 370. The van der Waals surface area contributed by atoms with E-state index >= 15 is 0 Å². The predicted octanol–water partition coefficient (Wildman–Crippen LogP) is 2.42. The molecule has 1 aliphatic rings. The minimum absolute atomic E-state index is 0.137. The summed E-state index contributed by atoms with van der Waals surface area (Å²) in [4.78, 5) is 13.6. The average molecular weight is 200 g/mol. The van der Waals surface area contributed by atoms with Gasteiger partial charge in [0.25, 0.3) is 0 Å². The lowest BCUT2D eigenvalue weighted by molar-refractivity contribution is 0.0691. The third-order valence-corrected chi connectivity index (χ3v) is 2.98. The Morgan fingerprint density at radius 1 is 1.69 bits per heavy atom. The number of aryl methyl sites for hydroxylation is 1. The monoisotopic (exact) mass is 199 g/mol. The second-order valence-electron chi connectivity index (χ2n) is 3.45. The zero-order chi connectivity index (χ0) is 9.59. The summed E-state index contributed by atoms with van der Waals surface area (Å²) >= 11 is 5.95. The van der Waals surface area contributed by atoms with Crippen molar-refractivity contribution in [2.75, 3.05) is 0 Å². The maximum atomic E-state index is 10.7. The van der Waals surface area contributed by atoms with Crippen LogP contribution >= 0.6 is 11.6 Å². The topological polar surface area (TPSA) is 53.1 Å². The quantitative estimate of drug-likeness (QED) is 0.730. The van der Waals surface area contributed by atoms with Crippen molar-refractivity contribution in [3.63, 3.8) is 0 Å². The molecule has 3 nitrogen and oxygen atoms in total. The van der Waals surface area contributed by atoms with E-state index in [9.17, 15) is 4.79 Å². The van der Waals surface area contributed by atoms with E-state index in [2.05, 4.69) is 11.9 Å². The van der Waals surface area contributed by atoms with Crippen LogP contribution in [0.4, 0.5) is 0 Å². The van der Waals surface area contributed by atoms with Gasteiger partial charge in [-0.2, -0.15) is 0 Å². The minimum atomic E-state index is -0.980. The second kappa shape index (κ2) is 2.77. The molecule has 0 saturated heterocycles.